The molecule has 2 nitrogen and oxygen atoms in total. The molecule has 3 rings (SSSR count). The Hall–Kier alpha value is -2.35. The van der Waals surface area contributed by atoms with Crippen LogP contribution in [-0.4, -0.2) is 4.57 Å². The molecule has 0 aliphatic rings. The van der Waals surface area contributed by atoms with Gasteiger partial charge >= 0.3 is 0 Å². The van der Waals surface area contributed by atoms with E-state index in [-0.39, 0.29) is 0 Å². The van der Waals surface area contributed by atoms with E-state index in [2.05, 4.69) is 76.4 Å². The Bertz CT molecular complexity index is 571. The Balaban J connectivity index is 1.70. The highest BCUT2D eigenvalue weighted by molar-refractivity contribution is 5.15. The van der Waals surface area contributed by atoms with Crippen LogP contribution < -0.4 is 4.57 Å². The first-order valence-corrected chi connectivity index (χ1v) is 6.46. The minimum absolute atomic E-state index is 0.864. The fourth-order valence-corrected chi connectivity index (χ4v) is 2.13. The lowest BCUT2D eigenvalue weighted by atomic mass is 10.2. The molecule has 0 spiro atoms. The molecule has 0 N–H and O–H groups in total. The molecule has 0 aliphatic carbocycles. The van der Waals surface area contributed by atoms with Crippen LogP contribution in [0.2, 0.25) is 0 Å². The second-order valence-electron chi connectivity index (χ2n) is 4.63. The first kappa shape index (κ1) is 11.7. The number of imidazole rings is 1. The van der Waals surface area contributed by atoms with Crippen LogP contribution >= 0.6 is 0 Å². The summed E-state index contributed by atoms with van der Waals surface area (Å²) in [5.74, 6) is 0. The van der Waals surface area contributed by atoms with Crippen LogP contribution in [0, 0.1) is 6.33 Å². The predicted molar refractivity (Wildman–Crippen MR) is 74.6 cm³/mol. The summed E-state index contributed by atoms with van der Waals surface area (Å²) in [6.07, 6.45) is 7.47. The summed E-state index contributed by atoms with van der Waals surface area (Å²) in [4.78, 5) is 0. The lowest BCUT2D eigenvalue weighted by molar-refractivity contribution is -0.692. The van der Waals surface area contributed by atoms with Crippen LogP contribution in [-0.2, 0) is 13.1 Å². The summed E-state index contributed by atoms with van der Waals surface area (Å²) in [5.41, 5.74) is 2.59. The summed E-state index contributed by atoms with van der Waals surface area (Å²) < 4.78 is 4.16. The van der Waals surface area contributed by atoms with Crippen molar-refractivity contribution in [2.45, 2.75) is 13.1 Å². The molecule has 0 bridgehead atoms. The van der Waals surface area contributed by atoms with Gasteiger partial charge in [0.25, 0.3) is 0 Å². The molecule has 0 amide bonds. The van der Waals surface area contributed by atoms with E-state index in [0.29, 0.717) is 0 Å². The van der Waals surface area contributed by atoms with Crippen molar-refractivity contribution in [1.29, 1.82) is 0 Å². The van der Waals surface area contributed by atoms with Gasteiger partial charge in [-0.2, -0.15) is 0 Å². The largest absolute Gasteiger partial charge is 0.347 e. The Kier molecular flexibility index (Phi) is 3.41. The molecule has 2 heteroatoms. The van der Waals surface area contributed by atoms with Crippen LogP contribution in [0.15, 0.2) is 73.1 Å². The molecule has 3 aromatic rings. The Labute approximate surface area is 113 Å². The first-order chi connectivity index (χ1) is 9.40. The fraction of sp³-hybridized carbons (Fsp3) is 0.118. The topological polar surface area (TPSA) is 8.81 Å². The van der Waals surface area contributed by atoms with Gasteiger partial charge in [0.05, 0.1) is 13.1 Å². The van der Waals surface area contributed by atoms with Crippen LogP contribution in [0.3, 0.4) is 0 Å². The normalized spacial score (nSPS) is 10.5. The monoisotopic (exact) mass is 248 g/mol. The Morgan fingerprint density at radius 3 is 2.16 bits per heavy atom. The van der Waals surface area contributed by atoms with Gasteiger partial charge < -0.3 is 9.13 Å². The first-order valence-electron chi connectivity index (χ1n) is 6.46. The number of aromatic nitrogens is 2. The van der Waals surface area contributed by atoms with E-state index < -0.39 is 0 Å². The zero-order valence-corrected chi connectivity index (χ0v) is 10.7. The molecular formula is C17H16N2. The van der Waals surface area contributed by atoms with Crippen LogP contribution in [0.1, 0.15) is 11.1 Å². The molecule has 1 heterocycles. The molecule has 94 valence electrons. The molecule has 0 saturated carbocycles. The summed E-state index contributed by atoms with van der Waals surface area (Å²) >= 11 is 0. The standard InChI is InChI=1S/C17H16N2/c1-3-7-16(8-4-1)13-18-11-12-19(15-18)14-17-9-5-2-6-10-17/h1-12H,13-14H2. The van der Waals surface area contributed by atoms with E-state index in [4.69, 9.17) is 0 Å². The molecule has 19 heavy (non-hydrogen) atoms. The van der Waals surface area contributed by atoms with E-state index in [1.165, 1.54) is 11.1 Å². The molecule has 0 atom stereocenters. The third-order valence-corrected chi connectivity index (χ3v) is 3.07. The van der Waals surface area contributed by atoms with Gasteiger partial charge in [-0.3, -0.25) is 0 Å². The van der Waals surface area contributed by atoms with Gasteiger partial charge in [0.15, 0.2) is 0 Å². The van der Waals surface area contributed by atoms with Crippen LogP contribution in [0.25, 0.3) is 0 Å². The summed E-state index contributed by atoms with van der Waals surface area (Å²) in [6.45, 7) is 1.73. The molecule has 0 fully saturated rings. The third kappa shape index (κ3) is 3.10. The van der Waals surface area contributed by atoms with Gasteiger partial charge in [-0.15, -0.1) is 0 Å². The maximum Gasteiger partial charge on any atom is 0.204 e. The molecule has 0 radical (unpaired) electrons. The van der Waals surface area contributed by atoms with Gasteiger partial charge in [0, 0.05) is 0 Å². The molecular weight excluding hydrogens is 232 g/mol. The number of hydrogen-bond donors (Lipinski definition) is 0. The molecule has 2 aromatic carbocycles. The van der Waals surface area contributed by atoms with Crippen LogP contribution in [0.4, 0.5) is 0 Å². The van der Waals surface area contributed by atoms with E-state index in [0.717, 1.165) is 13.1 Å². The third-order valence-electron chi connectivity index (χ3n) is 3.07. The maximum absolute atomic E-state index is 3.34. The van der Waals surface area contributed by atoms with Gasteiger partial charge in [0.1, 0.15) is 0 Å². The Morgan fingerprint density at radius 2 is 1.47 bits per heavy atom. The summed E-state index contributed by atoms with van der Waals surface area (Å²) in [5, 5.41) is 0. The molecule has 0 unspecified atom stereocenters. The van der Waals surface area contributed by atoms with Crippen LogP contribution in [0.5, 0.6) is 0 Å². The molecule has 0 saturated heterocycles. The van der Waals surface area contributed by atoms with Crippen molar-refractivity contribution >= 4 is 0 Å². The molecule has 0 aliphatic heterocycles. The lowest BCUT2D eigenvalue weighted by Gasteiger charge is -2.02. The molecule has 1 aromatic heterocycles. The van der Waals surface area contributed by atoms with Crippen molar-refractivity contribution in [2.75, 3.05) is 0 Å². The second kappa shape index (κ2) is 5.53. The van der Waals surface area contributed by atoms with Crippen molar-refractivity contribution in [3.63, 3.8) is 0 Å². The summed E-state index contributed by atoms with van der Waals surface area (Å²) in [7, 11) is 0. The SMILES string of the molecule is [c-]1n(Cc2ccccc2)cc[n+]1Cc1ccccc1. The number of rotatable bonds is 4. The van der Waals surface area contributed by atoms with Gasteiger partial charge in [-0.05, 0) is 23.5 Å². The highest BCUT2D eigenvalue weighted by Crippen LogP contribution is 2.01. The fourth-order valence-electron chi connectivity index (χ4n) is 2.13. The smallest absolute Gasteiger partial charge is 0.204 e. The zero-order chi connectivity index (χ0) is 12.9. The van der Waals surface area contributed by atoms with E-state index in [1.54, 1.807) is 0 Å². The average molecular weight is 248 g/mol. The van der Waals surface area contributed by atoms with Gasteiger partial charge in [-0.25, -0.2) is 0 Å². The van der Waals surface area contributed by atoms with Gasteiger partial charge in [0.2, 0.25) is 6.33 Å². The second-order valence-corrected chi connectivity index (χ2v) is 4.63. The average Bonchev–Trinajstić information content (AvgIpc) is 2.88. The predicted octanol–water partition coefficient (Wildman–Crippen LogP) is 2.67. The van der Waals surface area contributed by atoms with E-state index in [1.807, 2.05) is 12.1 Å². The minimum atomic E-state index is 0.864. The van der Waals surface area contributed by atoms with Crippen molar-refractivity contribution < 1.29 is 4.57 Å². The lowest BCUT2D eigenvalue weighted by Crippen LogP contribution is -2.32. The maximum atomic E-state index is 3.34. The van der Waals surface area contributed by atoms with E-state index >= 15 is 0 Å². The number of hydrogen-bond acceptors (Lipinski definition) is 0. The Morgan fingerprint density at radius 1 is 0.842 bits per heavy atom. The number of nitrogens with zero attached hydrogens (tertiary/aromatic N) is 2. The van der Waals surface area contributed by atoms with Crippen molar-refractivity contribution in [3.8, 4) is 0 Å². The van der Waals surface area contributed by atoms with E-state index in [9.17, 15) is 0 Å². The minimum Gasteiger partial charge on any atom is -0.347 e. The van der Waals surface area contributed by atoms with Crippen molar-refractivity contribution in [2.24, 2.45) is 0 Å². The zero-order valence-electron chi connectivity index (χ0n) is 10.7. The quantitative estimate of drug-likeness (QED) is 0.496. The van der Waals surface area contributed by atoms with Gasteiger partial charge in [-0.1, -0.05) is 60.7 Å². The highest BCUT2D eigenvalue weighted by atomic mass is 15.1. The van der Waals surface area contributed by atoms with Crippen molar-refractivity contribution in [1.82, 2.24) is 4.57 Å². The van der Waals surface area contributed by atoms with Crippen molar-refractivity contribution in [3.05, 3.63) is 90.5 Å². The number of benzene rings is 2. The summed E-state index contributed by atoms with van der Waals surface area (Å²) in [6, 6.07) is 20.9. The highest BCUT2D eigenvalue weighted by Gasteiger charge is 1.99.